The third-order valence-corrected chi connectivity index (χ3v) is 2.69. The lowest BCUT2D eigenvalue weighted by Crippen LogP contribution is -2.27. The van der Waals surface area contributed by atoms with Crippen molar-refractivity contribution in [1.82, 2.24) is 9.55 Å². The molecule has 0 aliphatic carbocycles. The molecule has 0 aliphatic heterocycles. The molecule has 2 aromatic rings. The van der Waals surface area contributed by atoms with E-state index in [0.29, 0.717) is 5.69 Å². The highest BCUT2D eigenvalue weighted by molar-refractivity contribution is 5.89. The summed E-state index contributed by atoms with van der Waals surface area (Å²) in [7, 11) is 0. The van der Waals surface area contributed by atoms with Crippen LogP contribution in [0.3, 0.4) is 0 Å². The Balaban J connectivity index is 2.05. The predicted octanol–water partition coefficient (Wildman–Crippen LogP) is 2.51. The molecule has 0 amide bonds. The molecule has 2 rings (SSSR count). The monoisotopic (exact) mass is 320 g/mol. The van der Waals surface area contributed by atoms with Crippen molar-refractivity contribution in [2.75, 3.05) is 6.61 Å². The largest absolute Gasteiger partial charge is 0.457 e. The fourth-order valence-corrected chi connectivity index (χ4v) is 1.82. The van der Waals surface area contributed by atoms with Crippen molar-refractivity contribution in [3.8, 4) is 5.69 Å². The molecule has 0 saturated carbocycles. The lowest BCUT2D eigenvalue weighted by Gasteiger charge is -2.19. The number of rotatable bonds is 4. The van der Waals surface area contributed by atoms with Crippen LogP contribution < -0.4 is 0 Å². The van der Waals surface area contributed by atoms with Crippen molar-refractivity contribution in [2.24, 2.45) is 0 Å². The summed E-state index contributed by atoms with van der Waals surface area (Å²) in [5.41, 5.74) is 0.0209. The molecule has 122 valence electrons. The smallest absolute Gasteiger partial charge is 0.357 e. The van der Waals surface area contributed by atoms with Crippen molar-refractivity contribution >= 4 is 11.9 Å². The highest BCUT2D eigenvalue weighted by Crippen LogP contribution is 2.13. The van der Waals surface area contributed by atoms with Gasteiger partial charge in [0.2, 0.25) is 0 Å². The first-order valence-electron chi connectivity index (χ1n) is 6.93. The summed E-state index contributed by atoms with van der Waals surface area (Å²) in [4.78, 5) is 27.5. The molecule has 7 heteroatoms. The summed E-state index contributed by atoms with van der Waals surface area (Å²) >= 11 is 0. The van der Waals surface area contributed by atoms with Gasteiger partial charge in [0.05, 0.1) is 12.5 Å². The number of carbonyl (C=O) groups excluding carboxylic acids is 2. The molecule has 0 fully saturated rings. The van der Waals surface area contributed by atoms with E-state index in [1.807, 2.05) is 0 Å². The lowest BCUT2D eigenvalue weighted by atomic mass is 10.2. The van der Waals surface area contributed by atoms with Gasteiger partial charge in [0.25, 0.3) is 0 Å². The predicted molar refractivity (Wildman–Crippen MR) is 79.6 cm³/mol. The van der Waals surface area contributed by atoms with Crippen molar-refractivity contribution in [1.29, 1.82) is 0 Å². The van der Waals surface area contributed by atoms with Gasteiger partial charge in [-0.3, -0.25) is 4.57 Å². The van der Waals surface area contributed by atoms with Crippen molar-refractivity contribution in [3.63, 3.8) is 0 Å². The number of ether oxygens (including phenoxy) is 2. The molecule has 0 aliphatic rings. The number of esters is 2. The Labute approximate surface area is 132 Å². The fourth-order valence-electron chi connectivity index (χ4n) is 1.82. The quantitative estimate of drug-likeness (QED) is 0.810. The number of imidazole rings is 1. The summed E-state index contributed by atoms with van der Waals surface area (Å²) in [6, 6.07) is 5.54. The first-order chi connectivity index (χ1) is 10.8. The summed E-state index contributed by atoms with van der Waals surface area (Å²) < 4.78 is 24.4. The van der Waals surface area contributed by atoms with Crippen molar-refractivity contribution in [2.45, 2.75) is 26.4 Å². The highest BCUT2D eigenvalue weighted by Gasteiger charge is 2.20. The van der Waals surface area contributed by atoms with Gasteiger partial charge in [-0.1, -0.05) is 0 Å². The van der Waals surface area contributed by atoms with E-state index in [1.165, 1.54) is 41.4 Å². The van der Waals surface area contributed by atoms with E-state index >= 15 is 0 Å². The Kier molecular flexibility index (Phi) is 4.78. The third kappa shape index (κ3) is 4.64. The Bertz CT molecular complexity index is 702. The number of nitrogens with zero attached hydrogens (tertiary/aromatic N) is 2. The van der Waals surface area contributed by atoms with Gasteiger partial charge in [-0.05, 0) is 45.0 Å². The fraction of sp³-hybridized carbons (Fsp3) is 0.312. The van der Waals surface area contributed by atoms with E-state index in [0.717, 1.165) is 0 Å². The molecule has 0 N–H and O–H groups in total. The zero-order valence-corrected chi connectivity index (χ0v) is 13.1. The van der Waals surface area contributed by atoms with E-state index in [2.05, 4.69) is 4.98 Å². The van der Waals surface area contributed by atoms with Crippen LogP contribution in [0.4, 0.5) is 4.39 Å². The number of aromatic nitrogens is 2. The standard InChI is InChI=1S/C16H17FN2O4/c1-16(2,3)23-14(20)9-22-15(21)13-8-18-10-19(13)12-6-4-11(17)5-7-12/h4-8,10H,9H2,1-3H3. The molecule has 1 heterocycles. The number of hydrogen-bond acceptors (Lipinski definition) is 5. The summed E-state index contributed by atoms with van der Waals surface area (Å²) in [6.07, 6.45) is 2.71. The maximum absolute atomic E-state index is 13.0. The van der Waals surface area contributed by atoms with Gasteiger partial charge >= 0.3 is 11.9 Å². The van der Waals surface area contributed by atoms with E-state index in [1.54, 1.807) is 20.8 Å². The van der Waals surface area contributed by atoms with E-state index in [-0.39, 0.29) is 11.5 Å². The zero-order valence-electron chi connectivity index (χ0n) is 13.1. The molecular weight excluding hydrogens is 303 g/mol. The van der Waals surface area contributed by atoms with Crippen LogP contribution >= 0.6 is 0 Å². The average Bonchev–Trinajstić information content (AvgIpc) is 2.93. The van der Waals surface area contributed by atoms with Gasteiger partial charge in [-0.15, -0.1) is 0 Å². The van der Waals surface area contributed by atoms with Crippen LogP contribution in [0.25, 0.3) is 5.69 Å². The van der Waals surface area contributed by atoms with Crippen LogP contribution in [0.2, 0.25) is 0 Å². The topological polar surface area (TPSA) is 70.4 Å². The van der Waals surface area contributed by atoms with E-state index in [9.17, 15) is 14.0 Å². The molecule has 6 nitrogen and oxygen atoms in total. The molecule has 1 aromatic heterocycles. The SMILES string of the molecule is CC(C)(C)OC(=O)COC(=O)c1cncn1-c1ccc(F)cc1. The molecule has 23 heavy (non-hydrogen) atoms. The maximum Gasteiger partial charge on any atom is 0.357 e. The molecule has 0 spiro atoms. The van der Waals surface area contributed by atoms with Gasteiger partial charge in [0.1, 0.15) is 11.4 Å². The normalized spacial score (nSPS) is 11.1. The van der Waals surface area contributed by atoms with Crippen LogP contribution in [0, 0.1) is 5.82 Å². The Morgan fingerprint density at radius 1 is 1.22 bits per heavy atom. The van der Waals surface area contributed by atoms with Crippen LogP contribution in [0.1, 0.15) is 31.3 Å². The Morgan fingerprint density at radius 3 is 2.48 bits per heavy atom. The first kappa shape index (κ1) is 16.7. The minimum atomic E-state index is -0.724. The van der Waals surface area contributed by atoms with Crippen LogP contribution in [-0.4, -0.2) is 33.7 Å². The molecule has 0 radical (unpaired) electrons. The van der Waals surface area contributed by atoms with Crippen LogP contribution in [0.5, 0.6) is 0 Å². The minimum Gasteiger partial charge on any atom is -0.457 e. The van der Waals surface area contributed by atoms with Gasteiger partial charge in [0.15, 0.2) is 12.3 Å². The Hall–Kier alpha value is -2.70. The third-order valence-electron chi connectivity index (χ3n) is 2.69. The molecule has 0 bridgehead atoms. The van der Waals surface area contributed by atoms with Gasteiger partial charge in [-0.2, -0.15) is 0 Å². The number of hydrogen-bond donors (Lipinski definition) is 0. The zero-order chi connectivity index (χ0) is 17.0. The average molecular weight is 320 g/mol. The Morgan fingerprint density at radius 2 is 1.87 bits per heavy atom. The second-order valence-corrected chi connectivity index (χ2v) is 5.79. The van der Waals surface area contributed by atoms with E-state index in [4.69, 9.17) is 9.47 Å². The highest BCUT2D eigenvalue weighted by atomic mass is 19.1. The van der Waals surface area contributed by atoms with Crippen molar-refractivity contribution < 1.29 is 23.5 Å². The molecule has 0 atom stereocenters. The van der Waals surface area contributed by atoms with Crippen LogP contribution in [0.15, 0.2) is 36.8 Å². The van der Waals surface area contributed by atoms with Crippen molar-refractivity contribution in [3.05, 3.63) is 48.3 Å². The van der Waals surface area contributed by atoms with Crippen LogP contribution in [-0.2, 0) is 14.3 Å². The number of halogens is 1. The molecule has 0 saturated heterocycles. The van der Waals surface area contributed by atoms with E-state index < -0.39 is 24.1 Å². The van der Waals surface area contributed by atoms with Gasteiger partial charge in [-0.25, -0.2) is 19.0 Å². The second-order valence-electron chi connectivity index (χ2n) is 5.79. The minimum absolute atomic E-state index is 0.125. The number of benzene rings is 1. The first-order valence-corrected chi connectivity index (χ1v) is 6.93. The second kappa shape index (κ2) is 6.60. The summed E-state index contributed by atoms with van der Waals surface area (Å²) in [6.45, 7) is 4.66. The molecule has 0 unspecified atom stereocenters. The molecular formula is C16H17FN2O4. The maximum atomic E-state index is 13.0. The molecule has 1 aromatic carbocycles. The van der Waals surface area contributed by atoms with Gasteiger partial charge < -0.3 is 9.47 Å². The summed E-state index contributed by atoms with van der Waals surface area (Å²) in [5, 5.41) is 0. The number of carbonyl (C=O) groups is 2. The van der Waals surface area contributed by atoms with Gasteiger partial charge in [0, 0.05) is 5.69 Å². The lowest BCUT2D eigenvalue weighted by molar-refractivity contribution is -0.158. The summed E-state index contributed by atoms with van der Waals surface area (Å²) in [5.74, 6) is -1.75.